The van der Waals surface area contributed by atoms with E-state index in [1.54, 1.807) is 0 Å². The van der Waals surface area contributed by atoms with Crippen LogP contribution in [0.25, 0.3) is 0 Å². The van der Waals surface area contributed by atoms with Crippen molar-refractivity contribution in [2.75, 3.05) is 47.5 Å². The van der Waals surface area contributed by atoms with E-state index in [0.29, 0.717) is 17.4 Å². The first kappa shape index (κ1) is 64.2. The van der Waals surface area contributed by atoms with Crippen molar-refractivity contribution < 1.29 is 42.9 Å². The molecule has 390 valence electrons. The van der Waals surface area contributed by atoms with Crippen molar-refractivity contribution in [3.05, 3.63) is 48.6 Å². The molecular weight excluding hydrogens is 839 g/mol. The first-order valence-electron chi connectivity index (χ1n) is 27.8. The second-order valence-corrected chi connectivity index (χ2v) is 19.9. The predicted molar refractivity (Wildman–Crippen MR) is 279 cm³/mol. The number of carbonyl (C=O) groups is 3. The van der Waals surface area contributed by atoms with Crippen molar-refractivity contribution in [1.82, 2.24) is 0 Å². The number of esters is 2. The number of unbranched alkanes of at least 4 members (excludes halogenated alkanes) is 28. The highest BCUT2D eigenvalue weighted by molar-refractivity contribution is 5.70. The molecule has 0 radical (unpaired) electrons. The maximum atomic E-state index is 12.8. The molecule has 0 bridgehead atoms. The fraction of sp³-hybridized carbons (Fsp3) is 0.810. The van der Waals surface area contributed by atoms with Crippen LogP contribution in [0.15, 0.2) is 48.6 Å². The van der Waals surface area contributed by atoms with Gasteiger partial charge in [0.15, 0.2) is 12.4 Å². The van der Waals surface area contributed by atoms with Gasteiger partial charge >= 0.3 is 11.9 Å². The summed E-state index contributed by atoms with van der Waals surface area (Å²) in [6.07, 6.45) is 57.1. The second kappa shape index (κ2) is 49.7. The van der Waals surface area contributed by atoms with Crippen molar-refractivity contribution in [3.63, 3.8) is 0 Å². The number of likely N-dealkylation sites (N-methyl/N-ethyl adjacent to an activating group) is 1. The van der Waals surface area contributed by atoms with Crippen LogP contribution in [0.1, 0.15) is 245 Å². The number of aliphatic carboxylic acids is 1. The Morgan fingerprint density at radius 1 is 0.448 bits per heavy atom. The SMILES string of the molecule is CCCCC/C=C\C/C=C\CCCCCCCCCCCC(=O)OCC(COC(OCC[N+](C)(C)C)C(=O)[O-])OC(=O)CCCCCCCCCCCCC/C=C\C/C=C\CCCCCCC. The zero-order valence-electron chi connectivity index (χ0n) is 44.3. The minimum atomic E-state index is -1.62. The van der Waals surface area contributed by atoms with E-state index in [-0.39, 0.29) is 38.6 Å². The van der Waals surface area contributed by atoms with Gasteiger partial charge in [0.2, 0.25) is 0 Å². The normalized spacial score (nSPS) is 13.1. The summed E-state index contributed by atoms with van der Waals surface area (Å²) in [5.74, 6) is -2.28. The van der Waals surface area contributed by atoms with Gasteiger partial charge in [-0.2, -0.15) is 0 Å². The maximum absolute atomic E-state index is 12.8. The number of carbonyl (C=O) groups excluding carboxylic acids is 3. The molecule has 0 heterocycles. The highest BCUT2D eigenvalue weighted by atomic mass is 16.7. The number of quaternary nitrogens is 1. The Bertz CT molecular complexity index is 1240. The molecule has 0 saturated heterocycles. The zero-order chi connectivity index (χ0) is 49.2. The van der Waals surface area contributed by atoms with Crippen molar-refractivity contribution >= 4 is 17.9 Å². The van der Waals surface area contributed by atoms with Crippen LogP contribution in [0.4, 0.5) is 0 Å². The van der Waals surface area contributed by atoms with Gasteiger partial charge in [-0.05, 0) is 77.0 Å². The van der Waals surface area contributed by atoms with E-state index >= 15 is 0 Å². The fourth-order valence-electron chi connectivity index (χ4n) is 7.71. The summed E-state index contributed by atoms with van der Waals surface area (Å²) in [4.78, 5) is 37.2. The van der Waals surface area contributed by atoms with E-state index in [1.165, 1.54) is 161 Å². The molecule has 0 amide bonds. The van der Waals surface area contributed by atoms with Crippen LogP contribution >= 0.6 is 0 Å². The molecule has 0 aromatic rings. The molecule has 0 rings (SSSR count). The number of allylic oxidation sites excluding steroid dienone is 8. The third-order valence-corrected chi connectivity index (χ3v) is 12.0. The number of rotatable bonds is 51. The molecule has 0 aliphatic heterocycles. The number of carboxylic acid groups (broad SMARTS) is 1. The lowest BCUT2D eigenvalue weighted by Gasteiger charge is -2.26. The van der Waals surface area contributed by atoms with Crippen LogP contribution in [-0.2, 0) is 33.3 Å². The molecule has 0 fully saturated rings. The van der Waals surface area contributed by atoms with Gasteiger partial charge in [0.25, 0.3) is 0 Å². The van der Waals surface area contributed by atoms with Crippen LogP contribution in [0, 0.1) is 0 Å². The fourth-order valence-corrected chi connectivity index (χ4v) is 7.71. The quantitative estimate of drug-likeness (QED) is 0.0195. The third-order valence-electron chi connectivity index (χ3n) is 12.0. The van der Waals surface area contributed by atoms with Gasteiger partial charge in [-0.1, -0.05) is 204 Å². The van der Waals surface area contributed by atoms with Gasteiger partial charge in [-0.3, -0.25) is 9.59 Å². The summed E-state index contributed by atoms with van der Waals surface area (Å²) in [5.41, 5.74) is 0. The van der Waals surface area contributed by atoms with E-state index in [4.69, 9.17) is 18.9 Å². The maximum Gasteiger partial charge on any atom is 0.306 e. The summed E-state index contributed by atoms with van der Waals surface area (Å²) >= 11 is 0. The van der Waals surface area contributed by atoms with E-state index in [0.717, 1.165) is 51.4 Å². The van der Waals surface area contributed by atoms with Gasteiger partial charge in [-0.15, -0.1) is 0 Å². The Kier molecular flexibility index (Phi) is 47.6. The molecule has 0 aliphatic carbocycles. The van der Waals surface area contributed by atoms with Crippen LogP contribution < -0.4 is 5.11 Å². The molecule has 0 spiro atoms. The van der Waals surface area contributed by atoms with Crippen LogP contribution in [0.5, 0.6) is 0 Å². The molecule has 0 aromatic carbocycles. The predicted octanol–water partition coefficient (Wildman–Crippen LogP) is 14.6. The van der Waals surface area contributed by atoms with Crippen LogP contribution in [-0.4, -0.2) is 82.3 Å². The van der Waals surface area contributed by atoms with Crippen molar-refractivity contribution in [2.24, 2.45) is 0 Å². The molecule has 0 aromatic heterocycles. The van der Waals surface area contributed by atoms with E-state index in [2.05, 4.69) is 62.5 Å². The lowest BCUT2D eigenvalue weighted by molar-refractivity contribution is -0.870. The zero-order valence-corrected chi connectivity index (χ0v) is 44.3. The average Bonchev–Trinajstić information content (AvgIpc) is 3.29. The summed E-state index contributed by atoms with van der Waals surface area (Å²) in [6, 6.07) is 0. The number of carboxylic acids is 1. The third kappa shape index (κ3) is 50.9. The van der Waals surface area contributed by atoms with E-state index < -0.39 is 24.3 Å². The smallest absolute Gasteiger partial charge is 0.306 e. The average molecular weight is 944 g/mol. The molecule has 9 heteroatoms. The number of ether oxygens (including phenoxy) is 4. The lowest BCUT2D eigenvalue weighted by Crippen LogP contribution is -2.44. The summed E-state index contributed by atoms with van der Waals surface area (Å²) < 4.78 is 22.7. The van der Waals surface area contributed by atoms with Crippen LogP contribution in [0.3, 0.4) is 0 Å². The molecule has 67 heavy (non-hydrogen) atoms. The Morgan fingerprint density at radius 3 is 1.21 bits per heavy atom. The molecule has 2 unspecified atom stereocenters. The Hall–Kier alpha value is -2.75. The lowest BCUT2D eigenvalue weighted by atomic mass is 10.0. The summed E-state index contributed by atoms with van der Waals surface area (Å²) in [7, 11) is 5.92. The number of hydrogen-bond donors (Lipinski definition) is 0. The molecule has 9 nitrogen and oxygen atoms in total. The van der Waals surface area contributed by atoms with Gasteiger partial charge in [-0.25, -0.2) is 0 Å². The topological polar surface area (TPSA) is 111 Å². The molecule has 2 atom stereocenters. The second-order valence-electron chi connectivity index (χ2n) is 19.9. The largest absolute Gasteiger partial charge is 0.545 e. The molecular formula is C58H105NO8. The van der Waals surface area contributed by atoms with Crippen molar-refractivity contribution in [2.45, 2.75) is 257 Å². The van der Waals surface area contributed by atoms with Crippen LogP contribution in [0.2, 0.25) is 0 Å². The number of nitrogens with zero attached hydrogens (tertiary/aromatic N) is 1. The Balaban J connectivity index is 4.28. The summed E-state index contributed by atoms with van der Waals surface area (Å²) in [5, 5.41) is 11.8. The first-order chi connectivity index (χ1) is 32.6. The Labute approximate surface area is 412 Å². The standard InChI is InChI=1S/C58H105NO8/c1-6-8-10-12-14-16-18-20-22-24-26-27-28-29-31-33-35-37-39-41-43-45-47-49-56(61)67-54(53-66-58(57(62)63)64-51-50-59(3,4)5)52-65-55(60)48-46-44-42-40-38-36-34-32-30-25-23-21-19-17-15-13-11-9-7-2/h15,17-18,20-21,23-24,26,54,58H,6-14,16,19,22,25,27-53H2,1-5H3/b17-15-,20-18-,23-21-,26-24-. The first-order valence-corrected chi connectivity index (χ1v) is 27.8. The minimum absolute atomic E-state index is 0.146. The van der Waals surface area contributed by atoms with Gasteiger partial charge < -0.3 is 33.3 Å². The molecule has 0 saturated carbocycles. The monoisotopic (exact) mass is 944 g/mol. The summed E-state index contributed by atoms with van der Waals surface area (Å²) in [6.45, 7) is 4.72. The van der Waals surface area contributed by atoms with Crippen molar-refractivity contribution in [3.8, 4) is 0 Å². The highest BCUT2D eigenvalue weighted by Crippen LogP contribution is 2.15. The van der Waals surface area contributed by atoms with E-state index in [9.17, 15) is 19.5 Å². The molecule has 0 aliphatic rings. The van der Waals surface area contributed by atoms with E-state index in [1.807, 2.05) is 21.1 Å². The van der Waals surface area contributed by atoms with Crippen molar-refractivity contribution in [1.29, 1.82) is 0 Å². The number of hydrogen-bond acceptors (Lipinski definition) is 8. The highest BCUT2D eigenvalue weighted by Gasteiger charge is 2.22. The van der Waals surface area contributed by atoms with Gasteiger partial charge in [0.05, 0.1) is 40.3 Å². The molecule has 0 N–H and O–H groups in total. The van der Waals surface area contributed by atoms with Gasteiger partial charge in [0.1, 0.15) is 13.2 Å². The minimum Gasteiger partial charge on any atom is -0.545 e. The van der Waals surface area contributed by atoms with Gasteiger partial charge in [0, 0.05) is 12.8 Å². The Morgan fingerprint density at radius 2 is 0.806 bits per heavy atom.